The third-order valence-corrected chi connectivity index (χ3v) is 4.05. The maximum Gasteiger partial charge on any atom is 0.147 e. The van der Waals surface area contributed by atoms with Crippen LogP contribution in [-0.4, -0.2) is 51.6 Å². The molecule has 18 heavy (non-hydrogen) atoms. The van der Waals surface area contributed by atoms with Crippen molar-refractivity contribution in [2.75, 3.05) is 31.1 Å². The zero-order chi connectivity index (χ0) is 13.2. The highest BCUT2D eigenvalue weighted by Crippen LogP contribution is 2.19. The Morgan fingerprint density at radius 1 is 1.28 bits per heavy atom. The van der Waals surface area contributed by atoms with Crippen LogP contribution in [0.2, 0.25) is 0 Å². The highest BCUT2D eigenvalue weighted by molar-refractivity contribution is 7.80. The van der Waals surface area contributed by atoms with E-state index in [2.05, 4.69) is 33.6 Å². The van der Waals surface area contributed by atoms with Crippen molar-refractivity contribution in [3.8, 4) is 0 Å². The lowest BCUT2D eigenvalue weighted by molar-refractivity contribution is 0.168. The average Bonchev–Trinajstić information content (AvgIpc) is 2.40. The van der Waals surface area contributed by atoms with Gasteiger partial charge in [0.1, 0.15) is 5.82 Å². The number of rotatable bonds is 3. The van der Waals surface area contributed by atoms with Gasteiger partial charge < -0.3 is 10.6 Å². The van der Waals surface area contributed by atoms with Gasteiger partial charge in [0.25, 0.3) is 0 Å². The first-order valence-corrected chi connectivity index (χ1v) is 6.48. The Bertz CT molecular complexity index is 412. The fraction of sp³-hybridized carbons (Fsp3) is 0.583. The molecule has 2 rings (SSSR count). The summed E-state index contributed by atoms with van der Waals surface area (Å²) in [5.74, 6) is 0.935. The third-order valence-electron chi connectivity index (χ3n) is 3.55. The van der Waals surface area contributed by atoms with E-state index in [0.29, 0.717) is 4.99 Å². The molecule has 1 saturated heterocycles. The Morgan fingerprint density at radius 2 is 1.94 bits per heavy atom. The van der Waals surface area contributed by atoms with E-state index in [1.807, 2.05) is 0 Å². The summed E-state index contributed by atoms with van der Waals surface area (Å²) in [6.07, 6.45) is 5.21. The first-order chi connectivity index (χ1) is 8.51. The van der Waals surface area contributed by atoms with E-state index in [4.69, 9.17) is 18.0 Å². The highest BCUT2D eigenvalue weighted by Gasteiger charge is 2.32. The lowest BCUT2D eigenvalue weighted by Crippen LogP contribution is -2.59. The Hall–Kier alpha value is -1.27. The van der Waals surface area contributed by atoms with Gasteiger partial charge in [-0.15, -0.1) is 0 Å². The molecule has 0 aliphatic carbocycles. The van der Waals surface area contributed by atoms with Gasteiger partial charge in [0.05, 0.1) is 16.7 Å². The number of piperazine rings is 1. The smallest absolute Gasteiger partial charge is 0.147 e. The Kier molecular flexibility index (Phi) is 3.77. The SMILES string of the molecule is CC(C)(C(N)=S)N1CCN(c2cnccn2)CC1. The second-order valence-electron chi connectivity index (χ2n) is 4.96. The van der Waals surface area contributed by atoms with Crippen LogP contribution >= 0.6 is 12.2 Å². The van der Waals surface area contributed by atoms with Crippen molar-refractivity contribution in [1.29, 1.82) is 0 Å². The number of hydrogen-bond donors (Lipinski definition) is 1. The molecule has 0 spiro atoms. The van der Waals surface area contributed by atoms with Gasteiger partial charge in [0, 0.05) is 38.6 Å². The van der Waals surface area contributed by atoms with Crippen molar-refractivity contribution in [2.45, 2.75) is 19.4 Å². The molecule has 0 bridgehead atoms. The topological polar surface area (TPSA) is 58.3 Å². The summed E-state index contributed by atoms with van der Waals surface area (Å²) in [4.78, 5) is 13.5. The lowest BCUT2D eigenvalue weighted by atomic mass is 10.0. The Labute approximate surface area is 113 Å². The zero-order valence-electron chi connectivity index (χ0n) is 10.8. The van der Waals surface area contributed by atoms with Crippen molar-refractivity contribution in [3.63, 3.8) is 0 Å². The van der Waals surface area contributed by atoms with E-state index in [1.54, 1.807) is 18.6 Å². The predicted octanol–water partition coefficient (Wildman–Crippen LogP) is 0.663. The van der Waals surface area contributed by atoms with Crippen LogP contribution in [0.4, 0.5) is 5.82 Å². The fourth-order valence-corrected chi connectivity index (χ4v) is 2.23. The van der Waals surface area contributed by atoms with E-state index >= 15 is 0 Å². The van der Waals surface area contributed by atoms with E-state index in [-0.39, 0.29) is 5.54 Å². The molecule has 1 aliphatic heterocycles. The number of anilines is 1. The molecule has 1 aromatic rings. The van der Waals surface area contributed by atoms with Crippen LogP contribution < -0.4 is 10.6 Å². The fourth-order valence-electron chi connectivity index (χ4n) is 2.10. The summed E-state index contributed by atoms with van der Waals surface area (Å²) in [7, 11) is 0. The van der Waals surface area contributed by atoms with Gasteiger partial charge in [0.15, 0.2) is 0 Å². The molecule has 5 nitrogen and oxygen atoms in total. The summed E-state index contributed by atoms with van der Waals surface area (Å²) in [6, 6.07) is 0. The van der Waals surface area contributed by atoms with Gasteiger partial charge in [-0.1, -0.05) is 12.2 Å². The molecule has 0 atom stereocenters. The molecule has 2 N–H and O–H groups in total. The van der Waals surface area contributed by atoms with Gasteiger partial charge in [-0.05, 0) is 13.8 Å². The van der Waals surface area contributed by atoms with Crippen molar-refractivity contribution in [1.82, 2.24) is 14.9 Å². The maximum atomic E-state index is 5.80. The van der Waals surface area contributed by atoms with Gasteiger partial charge in [-0.2, -0.15) is 0 Å². The largest absolute Gasteiger partial charge is 0.392 e. The average molecular weight is 265 g/mol. The van der Waals surface area contributed by atoms with Crippen molar-refractivity contribution < 1.29 is 0 Å². The molecule has 0 unspecified atom stereocenters. The first-order valence-electron chi connectivity index (χ1n) is 6.08. The van der Waals surface area contributed by atoms with Crippen LogP contribution in [-0.2, 0) is 0 Å². The molecule has 0 amide bonds. The summed E-state index contributed by atoms with van der Waals surface area (Å²) in [6.45, 7) is 7.86. The Balaban J connectivity index is 1.99. The van der Waals surface area contributed by atoms with Crippen molar-refractivity contribution >= 4 is 23.0 Å². The minimum Gasteiger partial charge on any atom is -0.392 e. The van der Waals surface area contributed by atoms with Gasteiger partial charge in [-0.3, -0.25) is 9.88 Å². The number of thiocarbonyl (C=S) groups is 1. The highest BCUT2D eigenvalue weighted by atomic mass is 32.1. The molecule has 0 radical (unpaired) electrons. The zero-order valence-corrected chi connectivity index (χ0v) is 11.7. The summed E-state index contributed by atoms with van der Waals surface area (Å²) >= 11 is 5.14. The molecule has 0 saturated carbocycles. The third kappa shape index (κ3) is 2.59. The standard InChI is InChI=1S/C12H19N5S/c1-12(2,11(13)18)17-7-5-16(6-8-17)10-9-14-3-4-15-10/h3-4,9H,5-8H2,1-2H3,(H2,13,18). The molecule has 98 valence electrons. The lowest BCUT2D eigenvalue weighted by Gasteiger charge is -2.43. The molecule has 1 aromatic heterocycles. The monoisotopic (exact) mass is 265 g/mol. The maximum absolute atomic E-state index is 5.80. The van der Waals surface area contributed by atoms with Crippen LogP contribution in [0, 0.1) is 0 Å². The van der Waals surface area contributed by atoms with Crippen LogP contribution in [0.5, 0.6) is 0 Å². The quantitative estimate of drug-likeness (QED) is 0.810. The number of nitrogens with two attached hydrogens (primary N) is 1. The second kappa shape index (κ2) is 5.16. The molecular weight excluding hydrogens is 246 g/mol. The first kappa shape index (κ1) is 13.2. The molecule has 1 fully saturated rings. The second-order valence-corrected chi connectivity index (χ2v) is 5.40. The number of aromatic nitrogens is 2. The van der Waals surface area contributed by atoms with Crippen molar-refractivity contribution in [2.24, 2.45) is 5.73 Å². The van der Waals surface area contributed by atoms with E-state index in [1.165, 1.54) is 0 Å². The van der Waals surface area contributed by atoms with Crippen molar-refractivity contribution in [3.05, 3.63) is 18.6 Å². The molecule has 1 aliphatic rings. The summed E-state index contributed by atoms with van der Waals surface area (Å²) in [5.41, 5.74) is 5.58. The van der Waals surface area contributed by atoms with Gasteiger partial charge in [-0.25, -0.2) is 4.98 Å². The van der Waals surface area contributed by atoms with Gasteiger partial charge >= 0.3 is 0 Å². The van der Waals surface area contributed by atoms with E-state index in [0.717, 1.165) is 32.0 Å². The summed E-state index contributed by atoms with van der Waals surface area (Å²) in [5, 5.41) is 0. The minimum atomic E-state index is -0.218. The van der Waals surface area contributed by atoms with Crippen LogP contribution in [0.3, 0.4) is 0 Å². The molecular formula is C12H19N5S. The summed E-state index contributed by atoms with van der Waals surface area (Å²) < 4.78 is 0. The van der Waals surface area contributed by atoms with E-state index in [9.17, 15) is 0 Å². The van der Waals surface area contributed by atoms with E-state index < -0.39 is 0 Å². The van der Waals surface area contributed by atoms with Crippen LogP contribution in [0.25, 0.3) is 0 Å². The molecule has 2 heterocycles. The van der Waals surface area contributed by atoms with Gasteiger partial charge in [0.2, 0.25) is 0 Å². The Morgan fingerprint density at radius 3 is 2.44 bits per heavy atom. The number of nitrogens with zero attached hydrogens (tertiary/aromatic N) is 4. The number of hydrogen-bond acceptors (Lipinski definition) is 5. The minimum absolute atomic E-state index is 0.218. The van der Waals surface area contributed by atoms with Crippen LogP contribution in [0.1, 0.15) is 13.8 Å². The molecule has 0 aromatic carbocycles. The molecule has 6 heteroatoms. The predicted molar refractivity (Wildman–Crippen MR) is 76.7 cm³/mol. The van der Waals surface area contributed by atoms with Crippen LogP contribution in [0.15, 0.2) is 18.6 Å². The normalized spacial score (nSPS) is 17.8.